The summed E-state index contributed by atoms with van der Waals surface area (Å²) in [6.45, 7) is 14.2. The van der Waals surface area contributed by atoms with Crippen LogP contribution in [0.1, 0.15) is 36.6 Å². The molecule has 2 fully saturated rings. The van der Waals surface area contributed by atoms with Gasteiger partial charge in [-0.05, 0) is 56.8 Å². The molecule has 248 valence electrons. The molecule has 7 rings (SSSR count). The van der Waals surface area contributed by atoms with Crippen LogP contribution in [0.4, 0.5) is 16.3 Å². The summed E-state index contributed by atoms with van der Waals surface area (Å²) in [4.78, 5) is 35.9. The first kappa shape index (κ1) is 31.7. The molecule has 1 amide bonds. The average Bonchev–Trinajstić information content (AvgIpc) is 3.54. The Labute approximate surface area is 282 Å². The molecule has 4 aromatic rings. The van der Waals surface area contributed by atoms with Gasteiger partial charge in [-0.2, -0.15) is 9.97 Å². The number of carbonyl (C=O) groups excluding carboxylic acids is 1. The average molecular weight is 646 g/mol. The molecular weight excluding hydrogens is 602 g/mol. The molecule has 10 nitrogen and oxygen atoms in total. The Morgan fingerprint density at radius 2 is 1.79 bits per heavy atom. The van der Waals surface area contributed by atoms with Crippen molar-refractivity contribution in [2.45, 2.75) is 57.5 Å². The molecule has 3 atom stereocenters. The van der Waals surface area contributed by atoms with Crippen LogP contribution in [-0.2, 0) is 24.3 Å². The van der Waals surface area contributed by atoms with Crippen LogP contribution in [0.15, 0.2) is 72.8 Å². The van der Waals surface area contributed by atoms with Gasteiger partial charge in [0.25, 0.3) is 0 Å². The highest BCUT2D eigenvalue weighted by molar-refractivity contribution is 5.94. The Bertz CT molecular complexity index is 1790. The van der Waals surface area contributed by atoms with Crippen molar-refractivity contribution >= 4 is 28.4 Å². The topological polar surface area (TPSA) is 78.6 Å². The highest BCUT2D eigenvalue weighted by atomic mass is 16.6. The minimum atomic E-state index is -0.390. The Morgan fingerprint density at radius 1 is 0.979 bits per heavy atom. The predicted molar refractivity (Wildman–Crippen MR) is 187 cm³/mol. The number of piperazine rings is 1. The Hall–Kier alpha value is -4.88. The normalized spacial score (nSPS) is 21.2. The molecule has 0 spiro atoms. The lowest BCUT2D eigenvalue weighted by Crippen LogP contribution is -2.60. The van der Waals surface area contributed by atoms with E-state index in [4.69, 9.17) is 26.0 Å². The fraction of sp³-hybridized carbons (Fsp3) is 0.421. The number of fused-ring (bicyclic) bond motifs is 2. The van der Waals surface area contributed by atoms with Crippen LogP contribution in [0.2, 0.25) is 0 Å². The van der Waals surface area contributed by atoms with Crippen LogP contribution in [0.5, 0.6) is 6.01 Å². The fourth-order valence-corrected chi connectivity index (χ4v) is 7.36. The first-order valence-electron chi connectivity index (χ1n) is 17.0. The van der Waals surface area contributed by atoms with E-state index in [-0.39, 0.29) is 31.3 Å². The van der Waals surface area contributed by atoms with Crippen LogP contribution < -0.4 is 14.5 Å². The molecular formula is C38H43N7O3. The number of benzene rings is 3. The van der Waals surface area contributed by atoms with Gasteiger partial charge in [-0.1, -0.05) is 66.7 Å². The van der Waals surface area contributed by atoms with Gasteiger partial charge in [0, 0.05) is 48.4 Å². The van der Waals surface area contributed by atoms with Crippen molar-refractivity contribution in [3.05, 3.63) is 101 Å². The van der Waals surface area contributed by atoms with Gasteiger partial charge in [0.05, 0.1) is 12.2 Å². The number of likely N-dealkylation sites (N-methyl/N-ethyl adjacent to an activating group) is 1. The summed E-state index contributed by atoms with van der Waals surface area (Å²) in [5.74, 6) is 0.854. The van der Waals surface area contributed by atoms with Gasteiger partial charge in [0.15, 0.2) is 0 Å². The van der Waals surface area contributed by atoms with Crippen molar-refractivity contribution < 1.29 is 14.3 Å². The quantitative estimate of drug-likeness (QED) is 0.223. The van der Waals surface area contributed by atoms with Crippen LogP contribution >= 0.6 is 0 Å². The van der Waals surface area contributed by atoms with Gasteiger partial charge in [0.1, 0.15) is 25.1 Å². The maximum absolute atomic E-state index is 13.4. The summed E-state index contributed by atoms with van der Waals surface area (Å²) in [5, 5.41) is 2.44. The Balaban J connectivity index is 1.17. The number of amides is 1. The molecule has 0 unspecified atom stereocenters. The molecule has 0 radical (unpaired) electrons. The molecule has 3 aromatic carbocycles. The summed E-state index contributed by atoms with van der Waals surface area (Å²) in [7, 11) is 2.14. The van der Waals surface area contributed by atoms with E-state index in [9.17, 15) is 4.79 Å². The molecule has 0 bridgehead atoms. The van der Waals surface area contributed by atoms with E-state index in [0.29, 0.717) is 38.3 Å². The molecule has 3 aliphatic heterocycles. The van der Waals surface area contributed by atoms with E-state index in [2.05, 4.69) is 76.0 Å². The minimum absolute atomic E-state index is 0.0554. The number of anilines is 2. The van der Waals surface area contributed by atoms with Crippen molar-refractivity contribution in [1.29, 1.82) is 0 Å². The third kappa shape index (κ3) is 6.60. The van der Waals surface area contributed by atoms with Crippen LogP contribution in [0.25, 0.3) is 15.6 Å². The lowest BCUT2D eigenvalue weighted by atomic mass is 10.0. The number of nitrogens with zero attached hydrogens (tertiary/aromatic N) is 7. The molecule has 48 heavy (non-hydrogen) atoms. The zero-order valence-corrected chi connectivity index (χ0v) is 27.8. The minimum Gasteiger partial charge on any atom is -0.462 e. The van der Waals surface area contributed by atoms with Crippen molar-refractivity contribution in [3.63, 3.8) is 0 Å². The second kappa shape index (κ2) is 14.1. The van der Waals surface area contributed by atoms with Crippen molar-refractivity contribution in [3.8, 4) is 6.01 Å². The van der Waals surface area contributed by atoms with Crippen LogP contribution in [-0.4, -0.2) is 90.4 Å². The van der Waals surface area contributed by atoms with E-state index in [1.54, 1.807) is 4.90 Å². The fourth-order valence-electron chi connectivity index (χ4n) is 7.36. The van der Waals surface area contributed by atoms with Crippen molar-refractivity contribution in [1.82, 2.24) is 19.8 Å². The summed E-state index contributed by atoms with van der Waals surface area (Å²) < 4.78 is 12.1. The predicted octanol–water partition coefficient (Wildman–Crippen LogP) is 5.80. The maximum atomic E-state index is 13.4. The number of carbonyl (C=O) groups is 1. The van der Waals surface area contributed by atoms with Gasteiger partial charge in [-0.15, -0.1) is 0 Å². The van der Waals surface area contributed by atoms with Crippen molar-refractivity contribution in [2.24, 2.45) is 0 Å². The van der Waals surface area contributed by atoms with Gasteiger partial charge in [0.2, 0.25) is 6.54 Å². The number of ether oxygens (including phenoxy) is 2. The first-order chi connectivity index (χ1) is 23.5. The number of rotatable bonds is 8. The van der Waals surface area contributed by atoms with Crippen LogP contribution in [0.3, 0.4) is 0 Å². The zero-order chi connectivity index (χ0) is 33.0. The highest BCUT2D eigenvalue weighted by Crippen LogP contribution is 2.36. The van der Waals surface area contributed by atoms with E-state index in [0.717, 1.165) is 48.6 Å². The van der Waals surface area contributed by atoms with Crippen LogP contribution in [0, 0.1) is 6.57 Å². The number of hydrogen-bond donors (Lipinski definition) is 0. The largest absolute Gasteiger partial charge is 0.462 e. The summed E-state index contributed by atoms with van der Waals surface area (Å²) in [6, 6.07) is 25.0. The van der Waals surface area contributed by atoms with E-state index in [1.807, 2.05) is 30.3 Å². The standard InChI is InChI=1S/C38H43N7O3/c1-27-22-45(38(46)48-25-28-11-5-4-6-12-28)31(21-39-2)23-44(27)36-33-18-20-43(35-17-9-14-29-13-7-8-16-32(29)35)24-34(33)40-37(41-36)47-26-30-15-10-19-42(30)3/h4-9,11-14,16-17,27,30-31H,10,15,18-26H2,1,3H3/t27-,30+,31+/m1/s1. The smallest absolute Gasteiger partial charge is 0.410 e. The molecule has 2 saturated heterocycles. The van der Waals surface area contributed by atoms with E-state index < -0.39 is 0 Å². The van der Waals surface area contributed by atoms with Gasteiger partial charge >= 0.3 is 12.1 Å². The number of aromatic nitrogens is 2. The Kier molecular flexibility index (Phi) is 9.30. The number of likely N-dealkylation sites (tertiary alicyclic amines) is 1. The lowest BCUT2D eigenvalue weighted by Gasteiger charge is -2.44. The third-order valence-electron chi connectivity index (χ3n) is 10.1. The lowest BCUT2D eigenvalue weighted by molar-refractivity contribution is 0.0731. The second-order valence-electron chi connectivity index (χ2n) is 13.2. The highest BCUT2D eigenvalue weighted by Gasteiger charge is 2.39. The van der Waals surface area contributed by atoms with Gasteiger partial charge < -0.3 is 29.0 Å². The Morgan fingerprint density at radius 3 is 2.60 bits per heavy atom. The SMILES string of the molecule is [C-]#[N+]C[C@H]1CN(c2nc(OC[C@@H]3CCCN3C)nc3c2CCN(c2cccc4ccccc24)C3)[C@H](C)CN1C(=O)OCc1ccccc1. The molecule has 0 saturated carbocycles. The summed E-state index contributed by atoms with van der Waals surface area (Å²) in [6.07, 6.45) is 2.65. The van der Waals surface area contributed by atoms with E-state index >= 15 is 0 Å². The summed E-state index contributed by atoms with van der Waals surface area (Å²) in [5.41, 5.74) is 4.21. The van der Waals surface area contributed by atoms with E-state index in [1.165, 1.54) is 22.9 Å². The van der Waals surface area contributed by atoms with Gasteiger partial charge in [-0.3, -0.25) is 4.90 Å². The molecule has 3 aliphatic rings. The maximum Gasteiger partial charge on any atom is 0.410 e. The first-order valence-corrected chi connectivity index (χ1v) is 17.0. The molecule has 0 aliphatic carbocycles. The third-order valence-corrected chi connectivity index (χ3v) is 10.1. The zero-order valence-electron chi connectivity index (χ0n) is 27.8. The van der Waals surface area contributed by atoms with Crippen molar-refractivity contribution in [2.75, 3.05) is 56.2 Å². The molecule has 10 heteroatoms. The molecule has 1 aromatic heterocycles. The molecule has 0 N–H and O–H groups in total. The monoisotopic (exact) mass is 645 g/mol. The van der Waals surface area contributed by atoms with Gasteiger partial charge in [-0.25, -0.2) is 11.4 Å². The molecule has 4 heterocycles. The summed E-state index contributed by atoms with van der Waals surface area (Å²) >= 11 is 0. The second-order valence-corrected chi connectivity index (χ2v) is 13.2. The number of hydrogen-bond acceptors (Lipinski definition) is 8.